The Labute approximate surface area is 443 Å². The van der Waals surface area contributed by atoms with Crippen molar-refractivity contribution in [2.75, 3.05) is 26.4 Å². The first-order valence-corrected chi connectivity index (χ1v) is 26.9. The van der Waals surface area contributed by atoms with Crippen LogP contribution in [-0.4, -0.2) is 46.4 Å². The van der Waals surface area contributed by atoms with Crippen LogP contribution < -0.4 is 18.9 Å². The summed E-state index contributed by atoms with van der Waals surface area (Å²) in [6.07, 6.45) is 15.6. The van der Waals surface area contributed by atoms with Gasteiger partial charge >= 0.3 is 0 Å². The van der Waals surface area contributed by atoms with Gasteiger partial charge in [0.2, 0.25) is 0 Å². The van der Waals surface area contributed by atoms with Crippen LogP contribution in [0.25, 0.3) is 90.9 Å². The summed E-state index contributed by atoms with van der Waals surface area (Å²) in [4.78, 5) is 19.2. The smallest absolute Gasteiger partial charge is 0.127 e. The van der Waals surface area contributed by atoms with Gasteiger partial charge in [-0.3, -0.25) is 0 Å². The molecule has 3 aromatic heterocycles. The average Bonchev–Trinajstić information content (AvgIpc) is 4.33. The summed E-state index contributed by atoms with van der Waals surface area (Å²) in [5.41, 5.74) is 19.4. The molecule has 0 unspecified atom stereocenters. The number of hydrogen-bond donors (Lipinski definition) is 2. The zero-order chi connectivity index (χ0) is 50.6. The molecule has 8 nitrogen and oxygen atoms in total. The SMILES string of the molecule is C1=Cc2nc1c1c3ccc([nH]3)c3c4nc(c(c5ccc([nH]5)c2-c2ccccc2OCCCc2ccc(cc2)CCCOc2ccccc2-3)-c2ccccc2OCCCc2ccc(cc2)CCCOc2ccccc2-1)C=C4. The molecule has 2 N–H and O–H groups in total. The van der Waals surface area contributed by atoms with Gasteiger partial charge in [-0.2, -0.15) is 0 Å². The van der Waals surface area contributed by atoms with E-state index in [1.165, 1.54) is 22.3 Å². The Kier molecular flexibility index (Phi) is 13.0. The predicted molar refractivity (Wildman–Crippen MR) is 309 cm³/mol. The van der Waals surface area contributed by atoms with E-state index >= 15 is 0 Å². The molecule has 0 amide bonds. The Morgan fingerprint density at radius 1 is 0.276 bits per heavy atom. The van der Waals surface area contributed by atoms with Gasteiger partial charge in [0.15, 0.2) is 0 Å². The van der Waals surface area contributed by atoms with Crippen molar-refractivity contribution in [1.29, 1.82) is 0 Å². The Hall–Kier alpha value is -8.88. The Bertz CT molecular complexity index is 3360. The summed E-state index contributed by atoms with van der Waals surface area (Å²) in [5, 5.41) is 0. The van der Waals surface area contributed by atoms with Crippen molar-refractivity contribution in [2.45, 2.75) is 51.4 Å². The lowest BCUT2D eigenvalue weighted by Gasteiger charge is -2.14. The van der Waals surface area contributed by atoms with Gasteiger partial charge in [0.05, 0.1) is 49.2 Å². The minimum absolute atomic E-state index is 0.550. The summed E-state index contributed by atoms with van der Waals surface area (Å²) >= 11 is 0. The van der Waals surface area contributed by atoms with E-state index < -0.39 is 0 Å². The van der Waals surface area contributed by atoms with Gasteiger partial charge in [-0.15, -0.1) is 0 Å². The minimum atomic E-state index is 0.550. The van der Waals surface area contributed by atoms with Crippen LogP contribution in [0.15, 0.2) is 170 Å². The largest absolute Gasteiger partial charge is 0.493 e. The first-order chi connectivity index (χ1) is 37.7. The third kappa shape index (κ3) is 9.59. The zero-order valence-corrected chi connectivity index (χ0v) is 42.5. The van der Waals surface area contributed by atoms with E-state index in [0.717, 1.165) is 164 Å². The number of aromatic amines is 2. The van der Waals surface area contributed by atoms with Crippen molar-refractivity contribution in [2.24, 2.45) is 0 Å². The monoisotopic (exact) mass is 994 g/mol. The number of nitrogens with zero attached hydrogens (tertiary/aromatic N) is 2. The summed E-state index contributed by atoms with van der Waals surface area (Å²) < 4.78 is 27.3. The molecule has 10 aliphatic rings. The number of aromatic nitrogens is 4. The maximum absolute atomic E-state index is 6.81. The highest BCUT2D eigenvalue weighted by Gasteiger charge is 2.23. The number of rotatable bonds is 0. The van der Waals surface area contributed by atoms with Gasteiger partial charge in [0.25, 0.3) is 0 Å². The molecule has 9 aromatic rings. The van der Waals surface area contributed by atoms with Crippen LogP contribution >= 0.6 is 0 Å². The van der Waals surface area contributed by atoms with E-state index in [9.17, 15) is 0 Å². The molecule has 16 bridgehead atoms. The lowest BCUT2D eigenvalue weighted by atomic mass is 10.0. The molecular formula is C68H58N4O4. The number of H-pyrrole nitrogens is 2. The highest BCUT2D eigenvalue weighted by atomic mass is 16.5. The maximum Gasteiger partial charge on any atom is 0.127 e. The summed E-state index contributed by atoms with van der Waals surface area (Å²) in [5.74, 6) is 3.17. The number of aryl methyl sites for hydroxylation is 4. The minimum Gasteiger partial charge on any atom is -0.493 e. The molecule has 0 radical (unpaired) electrons. The van der Waals surface area contributed by atoms with E-state index in [4.69, 9.17) is 28.9 Å². The normalized spacial score (nSPS) is 14.5. The van der Waals surface area contributed by atoms with Crippen LogP contribution in [0.2, 0.25) is 0 Å². The molecule has 0 saturated carbocycles. The second-order valence-electron chi connectivity index (χ2n) is 19.9. The average molecular weight is 995 g/mol. The van der Waals surface area contributed by atoms with Gasteiger partial charge in [0.1, 0.15) is 23.0 Å². The lowest BCUT2D eigenvalue weighted by molar-refractivity contribution is 0.312. The van der Waals surface area contributed by atoms with Crippen LogP contribution in [0.1, 0.15) is 70.7 Å². The third-order valence-corrected chi connectivity index (χ3v) is 14.9. The van der Waals surface area contributed by atoms with Gasteiger partial charge < -0.3 is 28.9 Å². The number of benzene rings is 6. The zero-order valence-electron chi connectivity index (χ0n) is 42.5. The lowest BCUT2D eigenvalue weighted by Crippen LogP contribution is -2.02. The van der Waals surface area contributed by atoms with Crippen molar-refractivity contribution in [3.05, 3.63) is 215 Å². The van der Waals surface area contributed by atoms with Crippen LogP contribution in [0.5, 0.6) is 23.0 Å². The third-order valence-electron chi connectivity index (χ3n) is 14.9. The second-order valence-corrected chi connectivity index (χ2v) is 19.9. The highest BCUT2D eigenvalue weighted by molar-refractivity contribution is 6.01. The van der Waals surface area contributed by atoms with Crippen LogP contribution in [0.3, 0.4) is 0 Å². The van der Waals surface area contributed by atoms with E-state index in [0.29, 0.717) is 26.4 Å². The van der Waals surface area contributed by atoms with E-state index in [1.807, 2.05) is 0 Å². The maximum atomic E-state index is 6.81. The van der Waals surface area contributed by atoms with Crippen LogP contribution in [0.4, 0.5) is 0 Å². The Morgan fingerprint density at radius 2 is 0.513 bits per heavy atom. The second kappa shape index (κ2) is 21.2. The number of para-hydroxylation sites is 4. The molecule has 0 atom stereocenters. The molecule has 6 aromatic carbocycles. The van der Waals surface area contributed by atoms with Gasteiger partial charge in [-0.1, -0.05) is 121 Å². The molecule has 0 spiro atoms. The van der Waals surface area contributed by atoms with Gasteiger partial charge in [0, 0.05) is 66.6 Å². The van der Waals surface area contributed by atoms with Crippen molar-refractivity contribution in [1.82, 2.24) is 19.9 Å². The number of hydrogen-bond acceptors (Lipinski definition) is 6. The molecule has 0 saturated heterocycles. The van der Waals surface area contributed by atoms with E-state index in [-0.39, 0.29) is 0 Å². The van der Waals surface area contributed by atoms with Crippen molar-refractivity contribution in [3.8, 4) is 67.5 Å². The molecular weight excluding hydrogens is 937 g/mol. The molecule has 13 heterocycles. The molecule has 19 rings (SSSR count). The quantitative estimate of drug-likeness (QED) is 0.157. The highest BCUT2D eigenvalue weighted by Crippen LogP contribution is 2.44. The molecule has 8 heteroatoms. The van der Waals surface area contributed by atoms with Crippen molar-refractivity contribution in [3.63, 3.8) is 0 Å². The fraction of sp³-hybridized carbons (Fsp3) is 0.176. The predicted octanol–water partition coefficient (Wildman–Crippen LogP) is 16.0. The van der Waals surface area contributed by atoms with Crippen LogP contribution in [-0.2, 0) is 25.7 Å². The van der Waals surface area contributed by atoms with Crippen molar-refractivity contribution < 1.29 is 18.9 Å². The first-order valence-electron chi connectivity index (χ1n) is 26.9. The fourth-order valence-electron chi connectivity index (χ4n) is 11.1. The summed E-state index contributed by atoms with van der Waals surface area (Å²) in [7, 11) is 0. The van der Waals surface area contributed by atoms with Gasteiger partial charge in [-0.05, 0) is 146 Å². The first kappa shape index (κ1) is 46.9. The van der Waals surface area contributed by atoms with Crippen molar-refractivity contribution >= 4 is 46.4 Å². The topological polar surface area (TPSA) is 94.3 Å². The molecule has 0 aliphatic carbocycles. The summed E-state index contributed by atoms with van der Waals surface area (Å²) in [6.45, 7) is 2.20. The van der Waals surface area contributed by atoms with E-state index in [1.54, 1.807) is 0 Å². The Balaban J connectivity index is 1.13. The number of ether oxygens (including phenoxy) is 4. The Morgan fingerprint density at radius 3 is 0.763 bits per heavy atom. The molecule has 374 valence electrons. The van der Waals surface area contributed by atoms with Gasteiger partial charge in [-0.25, -0.2) is 9.97 Å². The number of nitrogens with one attached hydrogen (secondary N) is 2. The fourth-order valence-corrected chi connectivity index (χ4v) is 11.1. The van der Waals surface area contributed by atoms with E-state index in [2.05, 4.69) is 204 Å². The molecule has 0 fully saturated rings. The standard InChI is InChI=1S/C68H58N4O4/c1-5-21-61-49(17-1)65-53-33-35-55(69-53)66-50-18-2-6-22-62(50)74-42-10-15-47-29-31-48(32-30-47)16-11-43-75-63-23-7-3-19-51(63)67(56-36-34-54(65)70-56)58-38-40-60(72-58)68(59-39-37-57(66)71-59)52-20-4-8-24-64(52)76-44-12-14-46-27-25-45(26-28-46)13-9-41-73-61/h1-8,17-40,69,72H,9-16,41-44H2. The summed E-state index contributed by atoms with van der Waals surface area (Å²) in [6, 6.07) is 60.2. The molecule has 10 aliphatic heterocycles. The molecule has 76 heavy (non-hydrogen) atoms. The van der Waals surface area contributed by atoms with Crippen LogP contribution in [0, 0.1) is 0 Å².